The summed E-state index contributed by atoms with van der Waals surface area (Å²) >= 11 is 0. The average Bonchev–Trinajstić information content (AvgIpc) is 2.75. The number of carbonyl (C=O) groups is 2. The van der Waals surface area contributed by atoms with Crippen molar-refractivity contribution in [2.24, 2.45) is 5.10 Å². The van der Waals surface area contributed by atoms with E-state index in [1.807, 2.05) is 54.6 Å². The van der Waals surface area contributed by atoms with Gasteiger partial charge in [0.1, 0.15) is 11.5 Å². The fourth-order valence-corrected chi connectivity index (χ4v) is 2.70. The number of benzene rings is 3. The Morgan fingerprint density at radius 2 is 1.42 bits per heavy atom. The van der Waals surface area contributed by atoms with Crippen molar-refractivity contribution in [3.8, 4) is 11.5 Å². The molecular formula is C25H25N3O3. The van der Waals surface area contributed by atoms with Crippen molar-refractivity contribution in [1.82, 2.24) is 5.43 Å². The van der Waals surface area contributed by atoms with Gasteiger partial charge in [-0.1, -0.05) is 63.2 Å². The lowest BCUT2D eigenvalue weighted by Crippen LogP contribution is -2.32. The number of amides is 2. The van der Waals surface area contributed by atoms with E-state index < -0.39 is 11.8 Å². The molecule has 31 heavy (non-hydrogen) atoms. The van der Waals surface area contributed by atoms with E-state index in [0.29, 0.717) is 17.2 Å². The number of nitrogens with one attached hydrogen (secondary N) is 2. The molecule has 0 aliphatic rings. The lowest BCUT2D eigenvalue weighted by Gasteiger charge is -2.18. The molecule has 2 N–H and O–H groups in total. The third-order valence-electron chi connectivity index (χ3n) is 4.45. The minimum absolute atomic E-state index is 0.0633. The van der Waals surface area contributed by atoms with Crippen LogP contribution in [0.15, 0.2) is 84.0 Å². The predicted octanol–water partition coefficient (Wildman–Crippen LogP) is 4.87. The van der Waals surface area contributed by atoms with E-state index in [4.69, 9.17) is 4.74 Å². The van der Waals surface area contributed by atoms with E-state index in [1.54, 1.807) is 24.3 Å². The van der Waals surface area contributed by atoms with Crippen molar-refractivity contribution >= 4 is 23.7 Å². The van der Waals surface area contributed by atoms with Crippen molar-refractivity contribution in [3.63, 3.8) is 0 Å². The van der Waals surface area contributed by atoms with E-state index >= 15 is 0 Å². The van der Waals surface area contributed by atoms with Gasteiger partial charge < -0.3 is 10.1 Å². The minimum atomic E-state index is -0.854. The van der Waals surface area contributed by atoms with Crippen LogP contribution >= 0.6 is 0 Å². The summed E-state index contributed by atoms with van der Waals surface area (Å²) in [6.45, 7) is 6.41. The second kappa shape index (κ2) is 9.71. The van der Waals surface area contributed by atoms with E-state index in [9.17, 15) is 9.59 Å². The SMILES string of the molecule is CC(C)(C)c1ccc(/C=N\NC(=O)C(=O)Nc2ccc(Oc3ccccc3)cc2)cc1. The maximum Gasteiger partial charge on any atom is 0.329 e. The molecule has 6 heteroatoms. The molecule has 0 saturated heterocycles. The molecule has 0 aromatic heterocycles. The Hall–Kier alpha value is -3.93. The zero-order valence-electron chi connectivity index (χ0n) is 17.8. The van der Waals surface area contributed by atoms with E-state index in [0.717, 1.165) is 5.56 Å². The van der Waals surface area contributed by atoms with Gasteiger partial charge in [0.15, 0.2) is 0 Å². The summed E-state index contributed by atoms with van der Waals surface area (Å²) in [5, 5.41) is 6.38. The van der Waals surface area contributed by atoms with Gasteiger partial charge in [-0.2, -0.15) is 5.10 Å². The van der Waals surface area contributed by atoms with E-state index in [1.165, 1.54) is 11.8 Å². The molecular weight excluding hydrogens is 390 g/mol. The molecule has 0 fully saturated rings. The van der Waals surface area contributed by atoms with Crippen LogP contribution in [0.4, 0.5) is 5.69 Å². The Kier molecular flexibility index (Phi) is 6.82. The number of hydrogen-bond acceptors (Lipinski definition) is 4. The summed E-state index contributed by atoms with van der Waals surface area (Å²) in [6.07, 6.45) is 1.49. The van der Waals surface area contributed by atoms with Gasteiger partial charge >= 0.3 is 11.8 Å². The summed E-state index contributed by atoms with van der Waals surface area (Å²) in [5.41, 5.74) is 4.80. The molecule has 0 unspecified atom stereocenters. The second-order valence-electron chi connectivity index (χ2n) is 7.96. The summed E-state index contributed by atoms with van der Waals surface area (Å²) in [6, 6.07) is 23.9. The maximum atomic E-state index is 12.1. The Morgan fingerprint density at radius 3 is 2.03 bits per heavy atom. The zero-order valence-corrected chi connectivity index (χ0v) is 17.8. The molecule has 3 aromatic rings. The van der Waals surface area contributed by atoms with Gasteiger partial charge in [-0.3, -0.25) is 9.59 Å². The first kappa shape index (κ1) is 21.8. The van der Waals surface area contributed by atoms with Crippen LogP contribution in [-0.2, 0) is 15.0 Å². The van der Waals surface area contributed by atoms with E-state index in [2.05, 4.69) is 36.6 Å². The molecule has 0 saturated carbocycles. The quantitative estimate of drug-likeness (QED) is 0.355. The van der Waals surface area contributed by atoms with Crippen molar-refractivity contribution in [3.05, 3.63) is 90.0 Å². The smallest absolute Gasteiger partial charge is 0.329 e. The fourth-order valence-electron chi connectivity index (χ4n) is 2.70. The molecule has 0 aliphatic carbocycles. The zero-order chi connectivity index (χ0) is 22.3. The highest BCUT2D eigenvalue weighted by atomic mass is 16.5. The van der Waals surface area contributed by atoms with Crippen LogP contribution in [-0.4, -0.2) is 18.0 Å². The molecule has 2 amide bonds. The third kappa shape index (κ3) is 6.54. The molecule has 0 bridgehead atoms. The lowest BCUT2D eigenvalue weighted by molar-refractivity contribution is -0.136. The number of carbonyl (C=O) groups excluding carboxylic acids is 2. The van der Waals surface area contributed by atoms with Gasteiger partial charge in [0.25, 0.3) is 0 Å². The molecule has 0 heterocycles. The van der Waals surface area contributed by atoms with Crippen LogP contribution in [0.5, 0.6) is 11.5 Å². The number of hydrogen-bond donors (Lipinski definition) is 2. The maximum absolute atomic E-state index is 12.1. The Labute approximate surface area is 182 Å². The summed E-state index contributed by atoms with van der Waals surface area (Å²) in [5.74, 6) is -0.329. The summed E-state index contributed by atoms with van der Waals surface area (Å²) in [4.78, 5) is 24.0. The van der Waals surface area contributed by atoms with Gasteiger partial charge in [0.2, 0.25) is 0 Å². The Bertz CT molecular complexity index is 1050. The lowest BCUT2D eigenvalue weighted by atomic mass is 9.87. The number of rotatable bonds is 5. The first-order valence-corrected chi connectivity index (χ1v) is 9.89. The van der Waals surface area contributed by atoms with Crippen LogP contribution in [0.25, 0.3) is 0 Å². The molecule has 0 aliphatic heterocycles. The fraction of sp³-hybridized carbons (Fsp3) is 0.160. The van der Waals surface area contributed by atoms with Gasteiger partial charge in [-0.25, -0.2) is 5.43 Å². The van der Waals surface area contributed by atoms with Crippen LogP contribution in [0, 0.1) is 0 Å². The number of para-hydroxylation sites is 1. The van der Waals surface area contributed by atoms with Crippen LogP contribution in [0.3, 0.4) is 0 Å². The highest BCUT2D eigenvalue weighted by Gasteiger charge is 2.14. The van der Waals surface area contributed by atoms with Crippen LogP contribution in [0.1, 0.15) is 31.9 Å². The number of anilines is 1. The third-order valence-corrected chi connectivity index (χ3v) is 4.45. The number of nitrogens with zero attached hydrogens (tertiary/aromatic N) is 1. The highest BCUT2D eigenvalue weighted by Crippen LogP contribution is 2.23. The first-order chi connectivity index (χ1) is 14.8. The largest absolute Gasteiger partial charge is 0.457 e. The topological polar surface area (TPSA) is 79.8 Å². The average molecular weight is 415 g/mol. The van der Waals surface area contributed by atoms with Gasteiger partial charge in [-0.15, -0.1) is 0 Å². The molecule has 3 aromatic carbocycles. The monoisotopic (exact) mass is 415 g/mol. The number of ether oxygens (including phenoxy) is 1. The minimum Gasteiger partial charge on any atom is -0.457 e. The molecule has 6 nitrogen and oxygen atoms in total. The molecule has 3 rings (SSSR count). The Morgan fingerprint density at radius 1 is 0.806 bits per heavy atom. The van der Waals surface area contributed by atoms with Crippen molar-refractivity contribution in [2.45, 2.75) is 26.2 Å². The Balaban J connectivity index is 1.50. The molecule has 0 spiro atoms. The van der Waals surface area contributed by atoms with Crippen LogP contribution < -0.4 is 15.5 Å². The first-order valence-electron chi connectivity index (χ1n) is 9.89. The predicted molar refractivity (Wildman–Crippen MR) is 122 cm³/mol. The second-order valence-corrected chi connectivity index (χ2v) is 7.96. The number of hydrazone groups is 1. The standard InChI is InChI=1S/C25H25N3O3/c1-25(2,3)19-11-9-18(10-12-19)17-26-28-24(30)23(29)27-20-13-15-22(16-14-20)31-21-7-5-4-6-8-21/h4-17H,1-3H3,(H,27,29)(H,28,30)/b26-17-. The van der Waals surface area contributed by atoms with Crippen molar-refractivity contribution in [1.29, 1.82) is 0 Å². The van der Waals surface area contributed by atoms with Crippen molar-refractivity contribution < 1.29 is 14.3 Å². The van der Waals surface area contributed by atoms with Gasteiger partial charge in [0.05, 0.1) is 6.21 Å². The van der Waals surface area contributed by atoms with Crippen molar-refractivity contribution in [2.75, 3.05) is 5.32 Å². The normalized spacial score (nSPS) is 11.2. The van der Waals surface area contributed by atoms with Crippen LogP contribution in [0.2, 0.25) is 0 Å². The summed E-state index contributed by atoms with van der Waals surface area (Å²) in [7, 11) is 0. The molecule has 158 valence electrons. The summed E-state index contributed by atoms with van der Waals surface area (Å²) < 4.78 is 5.70. The molecule has 0 radical (unpaired) electrons. The van der Waals surface area contributed by atoms with E-state index in [-0.39, 0.29) is 5.41 Å². The van der Waals surface area contributed by atoms with Gasteiger partial charge in [-0.05, 0) is 52.9 Å². The highest BCUT2D eigenvalue weighted by molar-refractivity contribution is 6.39. The van der Waals surface area contributed by atoms with Gasteiger partial charge in [0, 0.05) is 5.69 Å². The molecule has 0 atom stereocenters.